The monoisotopic (exact) mass is 96.1 g/mol. The lowest BCUT2D eigenvalue weighted by atomic mass is 10.1. The molecule has 0 aliphatic carbocycles. The second-order valence-corrected chi connectivity index (χ2v) is 1.52. The summed E-state index contributed by atoms with van der Waals surface area (Å²) in [4.78, 5) is 0. The largest absolute Gasteiger partial charge is 0.106 e. The molecule has 0 atom stereocenters. The van der Waals surface area contributed by atoms with Gasteiger partial charge in [0.2, 0.25) is 0 Å². The normalized spacial score (nSPS) is 8.71. The van der Waals surface area contributed by atoms with Crippen LogP contribution in [0.1, 0.15) is 19.8 Å². The third-order valence-corrected chi connectivity index (χ3v) is 0.814. The second-order valence-electron chi connectivity index (χ2n) is 1.52. The Balaban J connectivity index is 3.00. The van der Waals surface area contributed by atoms with Gasteiger partial charge in [-0.2, -0.15) is 0 Å². The zero-order chi connectivity index (χ0) is 5.70. The summed E-state index contributed by atoms with van der Waals surface area (Å²) in [6, 6.07) is 0. The van der Waals surface area contributed by atoms with E-state index in [0.717, 1.165) is 18.4 Å². The van der Waals surface area contributed by atoms with Gasteiger partial charge in [0, 0.05) is 0 Å². The average molecular weight is 96.2 g/mol. The molecule has 0 aromatic carbocycles. The van der Waals surface area contributed by atoms with Crippen molar-refractivity contribution in [3.05, 3.63) is 25.5 Å². The van der Waals surface area contributed by atoms with Crippen molar-refractivity contribution >= 4 is 0 Å². The molecule has 0 bridgehead atoms. The predicted molar refractivity (Wildman–Crippen MR) is 33.7 cm³/mol. The van der Waals surface area contributed by atoms with Gasteiger partial charge in [0.15, 0.2) is 0 Å². The van der Waals surface area contributed by atoms with Crippen molar-refractivity contribution in [2.24, 2.45) is 0 Å². The van der Waals surface area contributed by atoms with Crippen molar-refractivity contribution in [2.75, 3.05) is 0 Å². The van der Waals surface area contributed by atoms with Gasteiger partial charge in [0.05, 0.1) is 6.92 Å². The molecular formula is C7H12+. The Hall–Kier alpha value is -0.390. The molecule has 0 aromatic heterocycles. The maximum atomic E-state index is 3.74. The van der Waals surface area contributed by atoms with E-state index >= 15 is 0 Å². The first-order valence-electron chi connectivity index (χ1n) is 2.61. The molecule has 0 saturated carbocycles. The minimum absolute atomic E-state index is 0.841. The van der Waals surface area contributed by atoms with E-state index < -0.39 is 0 Å². The summed E-state index contributed by atoms with van der Waals surface area (Å²) in [5.41, 5.74) is 1.14. The van der Waals surface area contributed by atoms with Crippen LogP contribution in [0.2, 0.25) is 0 Å². The highest BCUT2D eigenvalue weighted by Gasteiger charge is 1.89. The van der Waals surface area contributed by atoms with E-state index in [9.17, 15) is 0 Å². The van der Waals surface area contributed by atoms with Gasteiger partial charge < -0.3 is 0 Å². The molecule has 0 rings (SSSR count). The van der Waals surface area contributed by atoms with Crippen LogP contribution >= 0.6 is 0 Å². The Labute approximate surface area is 46.2 Å². The molecule has 0 heterocycles. The van der Waals surface area contributed by atoms with E-state index in [2.05, 4.69) is 26.8 Å². The molecular weight excluding hydrogens is 84.1 g/mol. The standard InChI is InChI=1S/C7H12/c1-4-6-7(3)5-2/h6H,2-5H2,1H3/q+1. The molecule has 0 unspecified atom stereocenters. The van der Waals surface area contributed by atoms with Gasteiger partial charge in [-0.3, -0.25) is 0 Å². The number of hydrogen-bond acceptors (Lipinski definition) is 0. The van der Waals surface area contributed by atoms with E-state index in [1.54, 1.807) is 0 Å². The number of rotatable bonds is 3. The summed E-state index contributed by atoms with van der Waals surface area (Å²) in [6.07, 6.45) is 4.01. The average Bonchev–Trinajstić information content (AvgIpc) is 1.68. The van der Waals surface area contributed by atoms with Crippen molar-refractivity contribution in [1.82, 2.24) is 0 Å². The highest BCUT2D eigenvalue weighted by atomic mass is 13.9. The molecule has 0 amide bonds. The molecule has 0 N–H and O–H groups in total. The van der Waals surface area contributed by atoms with Crippen LogP contribution in [0.25, 0.3) is 0 Å². The van der Waals surface area contributed by atoms with E-state index in [1.165, 1.54) is 0 Å². The van der Waals surface area contributed by atoms with Crippen molar-refractivity contribution in [2.45, 2.75) is 19.8 Å². The fraction of sp³-hybridized carbons (Fsp3) is 0.429. The maximum Gasteiger partial charge on any atom is 0.106 e. The van der Waals surface area contributed by atoms with Gasteiger partial charge in [-0.05, 0) is 18.4 Å². The van der Waals surface area contributed by atoms with E-state index in [0.29, 0.717) is 0 Å². The molecule has 0 heteroatoms. The molecule has 1 radical (unpaired) electrons. The molecule has 0 fully saturated rings. The summed E-state index contributed by atoms with van der Waals surface area (Å²) >= 11 is 0. The summed E-state index contributed by atoms with van der Waals surface area (Å²) < 4.78 is 0. The Morgan fingerprint density at radius 2 is 2.43 bits per heavy atom. The molecule has 0 spiro atoms. The molecule has 39 valence electrons. The summed E-state index contributed by atoms with van der Waals surface area (Å²) in [5, 5.41) is 0. The minimum atomic E-state index is 0.841. The minimum Gasteiger partial charge on any atom is -0.0953 e. The third-order valence-electron chi connectivity index (χ3n) is 0.814. The summed E-state index contributed by atoms with van der Waals surface area (Å²) in [7, 11) is 0. The van der Waals surface area contributed by atoms with Crippen LogP contribution in [0, 0.1) is 13.3 Å². The number of hydrogen-bond donors (Lipinski definition) is 0. The smallest absolute Gasteiger partial charge is 0.0953 e. The molecule has 0 aromatic rings. The van der Waals surface area contributed by atoms with Gasteiger partial charge >= 0.3 is 0 Å². The molecule has 0 aliphatic heterocycles. The third kappa shape index (κ3) is 3.44. The van der Waals surface area contributed by atoms with Crippen molar-refractivity contribution in [1.29, 1.82) is 0 Å². The fourth-order valence-corrected chi connectivity index (χ4v) is 0.391. The van der Waals surface area contributed by atoms with Gasteiger partial charge in [-0.25, -0.2) is 0 Å². The molecule has 7 heavy (non-hydrogen) atoms. The van der Waals surface area contributed by atoms with Crippen LogP contribution in [0.3, 0.4) is 0 Å². The van der Waals surface area contributed by atoms with Crippen molar-refractivity contribution in [3.8, 4) is 0 Å². The van der Waals surface area contributed by atoms with Crippen LogP contribution in [0.15, 0.2) is 12.2 Å². The topological polar surface area (TPSA) is 0 Å². The van der Waals surface area contributed by atoms with Gasteiger partial charge in [0.1, 0.15) is 6.42 Å². The van der Waals surface area contributed by atoms with Crippen molar-refractivity contribution < 1.29 is 0 Å². The lowest BCUT2D eigenvalue weighted by molar-refractivity contribution is 1.07. The molecule has 0 nitrogen and oxygen atoms in total. The zero-order valence-corrected chi connectivity index (χ0v) is 4.91. The fourth-order valence-electron chi connectivity index (χ4n) is 0.391. The number of allylic oxidation sites excluding steroid dienone is 1. The Morgan fingerprint density at radius 1 is 1.86 bits per heavy atom. The van der Waals surface area contributed by atoms with Crippen LogP contribution in [0.4, 0.5) is 0 Å². The van der Waals surface area contributed by atoms with Crippen LogP contribution in [-0.4, -0.2) is 0 Å². The van der Waals surface area contributed by atoms with Crippen LogP contribution in [0.5, 0.6) is 0 Å². The van der Waals surface area contributed by atoms with Gasteiger partial charge in [-0.1, -0.05) is 13.5 Å². The first-order valence-corrected chi connectivity index (χ1v) is 2.61. The van der Waals surface area contributed by atoms with Crippen LogP contribution < -0.4 is 0 Å². The SMILES string of the molecule is C=C([CH]CC)C[CH2+]. The molecule has 0 saturated heterocycles. The quantitative estimate of drug-likeness (QED) is 0.473. The highest BCUT2D eigenvalue weighted by Crippen LogP contribution is 2.02. The van der Waals surface area contributed by atoms with Crippen LogP contribution in [-0.2, 0) is 0 Å². The zero-order valence-electron chi connectivity index (χ0n) is 4.91. The van der Waals surface area contributed by atoms with E-state index in [4.69, 9.17) is 0 Å². The Kier molecular flexibility index (Phi) is 3.58. The lowest BCUT2D eigenvalue weighted by Crippen LogP contribution is -1.75. The van der Waals surface area contributed by atoms with Gasteiger partial charge in [-0.15, -0.1) is 0 Å². The first kappa shape index (κ1) is 6.61. The lowest BCUT2D eigenvalue weighted by Gasteiger charge is -1.89. The van der Waals surface area contributed by atoms with Gasteiger partial charge in [0.25, 0.3) is 0 Å². The van der Waals surface area contributed by atoms with E-state index in [-0.39, 0.29) is 0 Å². The second kappa shape index (κ2) is 3.79. The Bertz CT molecular complexity index is 53.1. The molecule has 0 aliphatic rings. The Morgan fingerprint density at radius 3 is 2.57 bits per heavy atom. The predicted octanol–water partition coefficient (Wildman–Crippen LogP) is 2.38. The highest BCUT2D eigenvalue weighted by molar-refractivity contribution is 5.07. The summed E-state index contributed by atoms with van der Waals surface area (Å²) in [6.45, 7) is 9.52. The first-order chi connectivity index (χ1) is 3.31. The summed E-state index contributed by atoms with van der Waals surface area (Å²) in [5.74, 6) is 0. The van der Waals surface area contributed by atoms with Crippen molar-refractivity contribution in [3.63, 3.8) is 0 Å². The van der Waals surface area contributed by atoms with E-state index in [1.807, 2.05) is 0 Å². The maximum absolute atomic E-state index is 3.74.